The summed E-state index contributed by atoms with van der Waals surface area (Å²) < 4.78 is 0. The van der Waals surface area contributed by atoms with E-state index < -0.39 is 4.92 Å². The lowest BCUT2D eigenvalue weighted by atomic mass is 10.3. The quantitative estimate of drug-likeness (QED) is 0.182. The van der Waals surface area contributed by atoms with Crippen LogP contribution in [0.25, 0.3) is 10.4 Å². The van der Waals surface area contributed by atoms with Crippen molar-refractivity contribution < 1.29 is 4.92 Å². The van der Waals surface area contributed by atoms with Crippen LogP contribution < -0.4 is 0 Å². The van der Waals surface area contributed by atoms with Gasteiger partial charge in [-0.1, -0.05) is 11.0 Å². The van der Waals surface area contributed by atoms with Crippen molar-refractivity contribution in [1.29, 1.82) is 0 Å². The van der Waals surface area contributed by atoms with Gasteiger partial charge in [-0.2, -0.15) is 0 Å². The molecule has 0 unspecified atom stereocenters. The second kappa shape index (κ2) is 5.21. The molecule has 7 heteroatoms. The Bertz CT molecular complexity index is 481. The van der Waals surface area contributed by atoms with Gasteiger partial charge in [0.2, 0.25) is 0 Å². The van der Waals surface area contributed by atoms with Crippen LogP contribution in [-0.4, -0.2) is 16.5 Å². The average Bonchev–Trinajstić information content (AvgIpc) is 2.25. The highest BCUT2D eigenvalue weighted by Crippen LogP contribution is 2.12. The van der Waals surface area contributed by atoms with E-state index in [2.05, 4.69) is 26.9 Å². The summed E-state index contributed by atoms with van der Waals surface area (Å²) in [5.74, 6) is 4.92. The first-order valence-corrected chi connectivity index (χ1v) is 3.85. The molecule has 0 fully saturated rings. The van der Waals surface area contributed by atoms with Gasteiger partial charge in [0.1, 0.15) is 0 Å². The standard InChI is InChI=1S/C8H5N5O2/c9-12-11-6-1-3-7-8(13(14)15)4-2-5-10-7/h2,4-5H,6H2. The van der Waals surface area contributed by atoms with E-state index in [1.54, 1.807) is 0 Å². The molecule has 0 saturated heterocycles. The monoisotopic (exact) mass is 203 g/mol. The number of nitro groups is 1. The molecular weight excluding hydrogens is 198 g/mol. The Morgan fingerprint density at radius 2 is 2.53 bits per heavy atom. The van der Waals surface area contributed by atoms with E-state index in [1.807, 2.05) is 0 Å². The predicted molar refractivity (Wildman–Crippen MR) is 51.8 cm³/mol. The highest BCUT2D eigenvalue weighted by molar-refractivity contribution is 5.45. The van der Waals surface area contributed by atoms with E-state index in [-0.39, 0.29) is 17.9 Å². The molecule has 0 saturated carbocycles. The molecule has 0 spiro atoms. The highest BCUT2D eigenvalue weighted by atomic mass is 16.6. The van der Waals surface area contributed by atoms with Gasteiger partial charge in [0.05, 0.1) is 11.5 Å². The molecule has 0 aliphatic carbocycles. The zero-order valence-electron chi connectivity index (χ0n) is 7.49. The van der Waals surface area contributed by atoms with Crippen molar-refractivity contribution in [3.05, 3.63) is 44.6 Å². The summed E-state index contributed by atoms with van der Waals surface area (Å²) in [6.45, 7) is -0.0375. The summed E-state index contributed by atoms with van der Waals surface area (Å²) in [6, 6.07) is 2.77. The van der Waals surface area contributed by atoms with Crippen molar-refractivity contribution in [3.8, 4) is 11.8 Å². The minimum absolute atomic E-state index is 0.0375. The Morgan fingerprint density at radius 3 is 3.20 bits per heavy atom. The van der Waals surface area contributed by atoms with Crippen molar-refractivity contribution in [2.45, 2.75) is 0 Å². The van der Waals surface area contributed by atoms with Gasteiger partial charge >= 0.3 is 5.69 Å². The van der Waals surface area contributed by atoms with E-state index >= 15 is 0 Å². The summed E-state index contributed by atoms with van der Waals surface area (Å²) in [5.41, 5.74) is 7.88. The van der Waals surface area contributed by atoms with Gasteiger partial charge in [-0.05, 0) is 17.5 Å². The molecule has 0 radical (unpaired) electrons. The zero-order chi connectivity index (χ0) is 11.1. The Labute approximate surface area is 84.5 Å². The number of pyridine rings is 1. The second-order valence-corrected chi connectivity index (χ2v) is 2.32. The van der Waals surface area contributed by atoms with E-state index in [4.69, 9.17) is 5.53 Å². The molecule has 7 nitrogen and oxygen atoms in total. The number of hydrogen-bond acceptors (Lipinski definition) is 4. The zero-order valence-corrected chi connectivity index (χ0v) is 7.49. The summed E-state index contributed by atoms with van der Waals surface area (Å²) in [6.07, 6.45) is 1.41. The predicted octanol–water partition coefficient (Wildman–Crippen LogP) is 1.65. The number of nitrogens with zero attached hydrogens (tertiary/aromatic N) is 5. The molecule has 15 heavy (non-hydrogen) atoms. The fourth-order valence-corrected chi connectivity index (χ4v) is 0.831. The number of azide groups is 1. The molecule has 0 aromatic carbocycles. The van der Waals surface area contributed by atoms with Crippen LogP contribution in [0.4, 0.5) is 5.69 Å². The minimum Gasteiger partial charge on any atom is -0.258 e. The number of aromatic nitrogens is 1. The van der Waals surface area contributed by atoms with Crippen molar-refractivity contribution in [3.63, 3.8) is 0 Å². The molecule has 1 aromatic rings. The van der Waals surface area contributed by atoms with Crippen LogP contribution in [0.5, 0.6) is 0 Å². The molecule has 1 rings (SSSR count). The summed E-state index contributed by atoms with van der Waals surface area (Å²) in [7, 11) is 0. The topological polar surface area (TPSA) is 105 Å². The third kappa shape index (κ3) is 2.99. The first-order chi connectivity index (χ1) is 7.25. The van der Waals surface area contributed by atoms with Crippen LogP contribution in [0.15, 0.2) is 23.4 Å². The van der Waals surface area contributed by atoms with Crippen LogP contribution in [0.2, 0.25) is 0 Å². The second-order valence-electron chi connectivity index (χ2n) is 2.32. The molecule has 0 N–H and O–H groups in total. The largest absolute Gasteiger partial charge is 0.303 e. The van der Waals surface area contributed by atoms with E-state index in [9.17, 15) is 10.1 Å². The third-order valence-corrected chi connectivity index (χ3v) is 1.40. The van der Waals surface area contributed by atoms with Gasteiger partial charge in [0.25, 0.3) is 0 Å². The lowest BCUT2D eigenvalue weighted by molar-refractivity contribution is -0.385. The SMILES string of the molecule is [N-]=[N+]=NCC#Cc1ncccc1[N+](=O)[O-]. The van der Waals surface area contributed by atoms with Crippen LogP contribution in [0.1, 0.15) is 5.69 Å². The Balaban J connectivity index is 2.96. The molecular formula is C8H5N5O2. The van der Waals surface area contributed by atoms with Crippen LogP contribution in [-0.2, 0) is 0 Å². The van der Waals surface area contributed by atoms with Gasteiger partial charge < -0.3 is 0 Å². The van der Waals surface area contributed by atoms with Crippen molar-refractivity contribution in [2.75, 3.05) is 6.54 Å². The summed E-state index contributed by atoms with van der Waals surface area (Å²) in [4.78, 5) is 16.2. The maximum atomic E-state index is 10.5. The van der Waals surface area contributed by atoms with E-state index in [0.29, 0.717) is 0 Å². The van der Waals surface area contributed by atoms with Crippen LogP contribution in [0.3, 0.4) is 0 Å². The van der Waals surface area contributed by atoms with Gasteiger partial charge in [-0.15, -0.1) is 0 Å². The molecule has 74 valence electrons. The number of hydrogen-bond donors (Lipinski definition) is 0. The van der Waals surface area contributed by atoms with Gasteiger partial charge in [-0.25, -0.2) is 4.98 Å². The van der Waals surface area contributed by atoms with Crippen LogP contribution >= 0.6 is 0 Å². The van der Waals surface area contributed by atoms with Crippen LogP contribution in [0, 0.1) is 22.0 Å². The molecule has 0 amide bonds. The third-order valence-electron chi connectivity index (χ3n) is 1.40. The normalized spacial score (nSPS) is 8.27. The Kier molecular flexibility index (Phi) is 3.65. The average molecular weight is 203 g/mol. The number of rotatable bonds is 2. The van der Waals surface area contributed by atoms with Gasteiger partial charge in [0, 0.05) is 17.2 Å². The van der Waals surface area contributed by atoms with Gasteiger partial charge in [0.15, 0.2) is 5.69 Å². The Hall–Kier alpha value is -2.58. The molecule has 0 bridgehead atoms. The maximum Gasteiger partial charge on any atom is 0.303 e. The highest BCUT2D eigenvalue weighted by Gasteiger charge is 2.10. The summed E-state index contributed by atoms with van der Waals surface area (Å²) >= 11 is 0. The molecule has 0 aliphatic rings. The first-order valence-electron chi connectivity index (χ1n) is 3.85. The Morgan fingerprint density at radius 1 is 1.73 bits per heavy atom. The van der Waals surface area contributed by atoms with E-state index in [0.717, 1.165) is 0 Å². The minimum atomic E-state index is -0.565. The fraction of sp³-hybridized carbons (Fsp3) is 0.125. The van der Waals surface area contributed by atoms with Crippen molar-refractivity contribution >= 4 is 5.69 Å². The smallest absolute Gasteiger partial charge is 0.258 e. The maximum absolute atomic E-state index is 10.5. The molecule has 1 aromatic heterocycles. The van der Waals surface area contributed by atoms with Crippen molar-refractivity contribution in [1.82, 2.24) is 4.98 Å². The van der Waals surface area contributed by atoms with Crippen molar-refractivity contribution in [2.24, 2.45) is 5.11 Å². The molecule has 0 aliphatic heterocycles. The molecule has 0 atom stereocenters. The fourth-order valence-electron chi connectivity index (χ4n) is 0.831. The van der Waals surface area contributed by atoms with E-state index in [1.165, 1.54) is 18.3 Å². The summed E-state index contributed by atoms with van der Waals surface area (Å²) in [5, 5.41) is 13.7. The lowest BCUT2D eigenvalue weighted by Crippen LogP contribution is -1.94. The van der Waals surface area contributed by atoms with Gasteiger partial charge in [-0.3, -0.25) is 10.1 Å². The lowest BCUT2D eigenvalue weighted by Gasteiger charge is -1.91. The molecule has 1 heterocycles. The first kappa shape index (κ1) is 10.5.